The van der Waals surface area contributed by atoms with Crippen LogP contribution in [-0.4, -0.2) is 22.9 Å². The van der Waals surface area contributed by atoms with Gasteiger partial charge in [-0.2, -0.15) is 5.10 Å². The van der Waals surface area contributed by atoms with Crippen molar-refractivity contribution < 1.29 is 0 Å². The number of nitrogens with one attached hydrogen (secondary N) is 1. The minimum absolute atomic E-state index is 0.696. The average molecular weight is 236 g/mol. The molecular weight excluding hydrogens is 222 g/mol. The van der Waals surface area contributed by atoms with Gasteiger partial charge in [-0.1, -0.05) is 17.7 Å². The fourth-order valence-corrected chi connectivity index (χ4v) is 2.55. The minimum Gasteiger partial charge on any atom is -0.316 e. The summed E-state index contributed by atoms with van der Waals surface area (Å²) in [4.78, 5) is 0. The van der Waals surface area contributed by atoms with Crippen LogP contribution in [0.2, 0.25) is 5.02 Å². The molecule has 16 heavy (non-hydrogen) atoms. The number of hydrogen-bond donors (Lipinski definition) is 1. The zero-order chi connectivity index (χ0) is 11.0. The molecule has 0 amide bonds. The van der Waals surface area contributed by atoms with Crippen molar-refractivity contribution in [3.63, 3.8) is 0 Å². The van der Waals surface area contributed by atoms with Crippen LogP contribution in [0.25, 0.3) is 10.9 Å². The number of rotatable bonds is 2. The van der Waals surface area contributed by atoms with Crippen LogP contribution in [0.1, 0.15) is 6.42 Å². The molecule has 0 bridgehead atoms. The van der Waals surface area contributed by atoms with E-state index in [-0.39, 0.29) is 0 Å². The monoisotopic (exact) mass is 235 g/mol. The summed E-state index contributed by atoms with van der Waals surface area (Å²) >= 11 is 6.12. The summed E-state index contributed by atoms with van der Waals surface area (Å²) < 4.78 is 2.07. The van der Waals surface area contributed by atoms with E-state index in [4.69, 9.17) is 11.6 Å². The van der Waals surface area contributed by atoms with Gasteiger partial charge in [-0.05, 0) is 37.6 Å². The standard InChI is InChI=1S/C12H14ClN3/c13-11-2-1-3-12-10(11)7-15-16(12)8-9-4-5-14-6-9/h1-3,7,9,14H,4-6,8H2. The van der Waals surface area contributed by atoms with Crippen LogP contribution in [0.15, 0.2) is 24.4 Å². The van der Waals surface area contributed by atoms with Gasteiger partial charge < -0.3 is 5.32 Å². The van der Waals surface area contributed by atoms with E-state index < -0.39 is 0 Å². The Kier molecular flexibility index (Phi) is 2.58. The average Bonchev–Trinajstić information content (AvgIpc) is 2.90. The molecule has 2 heterocycles. The summed E-state index contributed by atoms with van der Waals surface area (Å²) in [6, 6.07) is 5.97. The molecule has 84 valence electrons. The number of hydrogen-bond acceptors (Lipinski definition) is 2. The van der Waals surface area contributed by atoms with Crippen LogP contribution in [0.4, 0.5) is 0 Å². The van der Waals surface area contributed by atoms with Crippen LogP contribution in [0.3, 0.4) is 0 Å². The first kappa shape index (κ1) is 10.1. The van der Waals surface area contributed by atoms with Gasteiger partial charge in [-0.3, -0.25) is 4.68 Å². The highest BCUT2D eigenvalue weighted by Crippen LogP contribution is 2.23. The fraction of sp³-hybridized carbons (Fsp3) is 0.417. The van der Waals surface area contributed by atoms with E-state index in [1.54, 1.807) is 0 Å². The second-order valence-corrected chi connectivity index (χ2v) is 4.77. The van der Waals surface area contributed by atoms with Crippen LogP contribution in [0, 0.1) is 5.92 Å². The molecule has 1 saturated heterocycles. The van der Waals surface area contributed by atoms with Crippen molar-refractivity contribution in [2.45, 2.75) is 13.0 Å². The lowest BCUT2D eigenvalue weighted by Crippen LogP contribution is -2.15. The van der Waals surface area contributed by atoms with E-state index >= 15 is 0 Å². The SMILES string of the molecule is Clc1cccc2c1cnn2CC1CCNC1. The highest BCUT2D eigenvalue weighted by Gasteiger charge is 2.16. The zero-order valence-electron chi connectivity index (χ0n) is 8.99. The minimum atomic E-state index is 0.696. The maximum absolute atomic E-state index is 6.12. The first-order valence-corrected chi connectivity index (χ1v) is 6.03. The fourth-order valence-electron chi connectivity index (χ4n) is 2.33. The third-order valence-electron chi connectivity index (χ3n) is 3.23. The van der Waals surface area contributed by atoms with Crippen molar-refractivity contribution in [3.8, 4) is 0 Å². The molecule has 0 aliphatic carbocycles. The van der Waals surface area contributed by atoms with Gasteiger partial charge in [0.1, 0.15) is 0 Å². The van der Waals surface area contributed by atoms with Gasteiger partial charge in [-0.15, -0.1) is 0 Å². The van der Waals surface area contributed by atoms with Crippen LogP contribution < -0.4 is 5.32 Å². The third kappa shape index (κ3) is 1.70. The van der Waals surface area contributed by atoms with Crippen molar-refractivity contribution in [2.75, 3.05) is 13.1 Å². The molecule has 4 heteroatoms. The quantitative estimate of drug-likeness (QED) is 0.866. The summed E-state index contributed by atoms with van der Waals surface area (Å²) in [6.45, 7) is 3.21. The van der Waals surface area contributed by atoms with E-state index in [2.05, 4.69) is 21.2 Å². The molecule has 3 nitrogen and oxygen atoms in total. The Labute approximate surface area is 99.4 Å². The Morgan fingerprint density at radius 2 is 2.44 bits per heavy atom. The van der Waals surface area contributed by atoms with Crippen molar-refractivity contribution in [2.24, 2.45) is 5.92 Å². The highest BCUT2D eigenvalue weighted by atomic mass is 35.5. The van der Waals surface area contributed by atoms with Crippen LogP contribution in [0.5, 0.6) is 0 Å². The van der Waals surface area contributed by atoms with Gasteiger partial charge in [0.05, 0.1) is 16.7 Å². The molecule has 1 aliphatic heterocycles. The van der Waals surface area contributed by atoms with E-state index in [1.165, 1.54) is 6.42 Å². The molecule has 2 aromatic rings. The van der Waals surface area contributed by atoms with E-state index in [0.29, 0.717) is 5.92 Å². The van der Waals surface area contributed by atoms with Gasteiger partial charge in [0.25, 0.3) is 0 Å². The summed E-state index contributed by atoms with van der Waals surface area (Å²) in [7, 11) is 0. The summed E-state index contributed by atoms with van der Waals surface area (Å²) in [6.07, 6.45) is 3.10. The molecule has 1 unspecified atom stereocenters. The van der Waals surface area contributed by atoms with E-state index in [9.17, 15) is 0 Å². The van der Waals surface area contributed by atoms with Crippen molar-refractivity contribution >= 4 is 22.5 Å². The van der Waals surface area contributed by atoms with Crippen molar-refractivity contribution in [1.82, 2.24) is 15.1 Å². The van der Waals surface area contributed by atoms with Crippen LogP contribution in [-0.2, 0) is 6.54 Å². The Balaban J connectivity index is 1.94. The molecule has 0 radical (unpaired) electrons. The number of benzene rings is 1. The molecule has 1 fully saturated rings. The topological polar surface area (TPSA) is 29.9 Å². The number of aromatic nitrogens is 2. The lowest BCUT2D eigenvalue weighted by atomic mass is 10.1. The smallest absolute Gasteiger partial charge is 0.0697 e. The predicted octanol–water partition coefficient (Wildman–Crippen LogP) is 2.30. The molecule has 3 rings (SSSR count). The molecule has 0 saturated carbocycles. The maximum Gasteiger partial charge on any atom is 0.0697 e. The normalized spacial score (nSPS) is 20.7. The van der Waals surface area contributed by atoms with Crippen molar-refractivity contribution in [1.29, 1.82) is 0 Å². The summed E-state index contributed by atoms with van der Waals surface area (Å²) in [5.41, 5.74) is 1.14. The second-order valence-electron chi connectivity index (χ2n) is 4.36. The molecular formula is C12H14ClN3. The number of halogens is 1. The Hall–Kier alpha value is -1.06. The molecule has 1 aromatic carbocycles. The van der Waals surface area contributed by atoms with E-state index in [1.807, 2.05) is 18.3 Å². The molecule has 1 aromatic heterocycles. The van der Waals surface area contributed by atoms with Crippen molar-refractivity contribution in [3.05, 3.63) is 29.4 Å². The van der Waals surface area contributed by atoms with Gasteiger partial charge in [0, 0.05) is 11.9 Å². The lowest BCUT2D eigenvalue weighted by molar-refractivity contribution is 0.459. The highest BCUT2D eigenvalue weighted by molar-refractivity contribution is 6.35. The Morgan fingerprint density at radius 3 is 3.25 bits per heavy atom. The number of nitrogens with zero attached hydrogens (tertiary/aromatic N) is 2. The zero-order valence-corrected chi connectivity index (χ0v) is 9.74. The largest absolute Gasteiger partial charge is 0.316 e. The van der Waals surface area contributed by atoms with E-state index in [0.717, 1.165) is 35.6 Å². The molecule has 1 N–H and O–H groups in total. The maximum atomic E-state index is 6.12. The van der Waals surface area contributed by atoms with Gasteiger partial charge in [0.2, 0.25) is 0 Å². The predicted molar refractivity (Wildman–Crippen MR) is 65.7 cm³/mol. The molecule has 1 atom stereocenters. The molecule has 1 aliphatic rings. The molecule has 0 spiro atoms. The van der Waals surface area contributed by atoms with Gasteiger partial charge in [0.15, 0.2) is 0 Å². The lowest BCUT2D eigenvalue weighted by Gasteiger charge is -2.09. The first-order valence-electron chi connectivity index (χ1n) is 5.65. The number of fused-ring (bicyclic) bond motifs is 1. The Morgan fingerprint density at radius 1 is 1.50 bits per heavy atom. The third-order valence-corrected chi connectivity index (χ3v) is 3.56. The van der Waals surface area contributed by atoms with Gasteiger partial charge in [-0.25, -0.2) is 0 Å². The summed E-state index contributed by atoms with van der Waals surface area (Å²) in [5, 5.41) is 9.64. The second kappa shape index (κ2) is 4.07. The van der Waals surface area contributed by atoms with Crippen LogP contribution >= 0.6 is 11.6 Å². The summed E-state index contributed by atoms with van der Waals surface area (Å²) in [5.74, 6) is 0.696. The first-order chi connectivity index (χ1) is 7.84. The Bertz CT molecular complexity index is 500. The van der Waals surface area contributed by atoms with Gasteiger partial charge >= 0.3 is 0 Å².